The molecule has 0 amide bonds. The van der Waals surface area contributed by atoms with Crippen LogP contribution in [0, 0.1) is 0 Å². The van der Waals surface area contributed by atoms with Crippen molar-refractivity contribution in [1.29, 1.82) is 0 Å². The van der Waals surface area contributed by atoms with Crippen molar-refractivity contribution in [3.63, 3.8) is 0 Å². The topological polar surface area (TPSA) is 72.0 Å². The van der Waals surface area contributed by atoms with Crippen molar-refractivity contribution in [2.45, 2.75) is 8.68 Å². The summed E-state index contributed by atoms with van der Waals surface area (Å²) in [6.45, 7) is 1.28. The van der Waals surface area contributed by atoms with Gasteiger partial charge in [0.1, 0.15) is 9.84 Å². The van der Waals surface area contributed by atoms with Crippen LogP contribution in [0.15, 0.2) is 8.68 Å². The number of nitrogens with one attached hydrogen (secondary N) is 1. The summed E-state index contributed by atoms with van der Waals surface area (Å²) in [5.74, 6) is 1.06. The lowest BCUT2D eigenvalue weighted by atomic mass is 10.7. The predicted molar refractivity (Wildman–Crippen MR) is 75.0 cm³/mol. The summed E-state index contributed by atoms with van der Waals surface area (Å²) in [6, 6.07) is 0. The van der Waals surface area contributed by atoms with Crippen molar-refractivity contribution in [3.8, 4) is 0 Å². The molecule has 0 fully saturated rings. The van der Waals surface area contributed by atoms with E-state index in [0.717, 1.165) is 21.0 Å². The molecule has 17 heavy (non-hydrogen) atoms. The summed E-state index contributed by atoms with van der Waals surface area (Å²) in [6.07, 6.45) is 3.22. The van der Waals surface area contributed by atoms with E-state index in [1.165, 1.54) is 6.26 Å². The lowest BCUT2D eigenvalue weighted by molar-refractivity contribution is 0.598. The molecule has 0 radical (unpaired) electrons. The van der Waals surface area contributed by atoms with Crippen LogP contribution in [-0.4, -0.2) is 55.7 Å². The first kappa shape index (κ1) is 15.2. The first-order valence-corrected chi connectivity index (χ1v) is 9.99. The van der Waals surface area contributed by atoms with Crippen LogP contribution in [0.5, 0.6) is 0 Å². The Morgan fingerprint density at radius 3 is 2.59 bits per heavy atom. The highest BCUT2D eigenvalue weighted by Crippen LogP contribution is 2.26. The van der Waals surface area contributed by atoms with E-state index < -0.39 is 9.84 Å². The van der Waals surface area contributed by atoms with Gasteiger partial charge in [0.05, 0.1) is 5.75 Å². The lowest BCUT2D eigenvalue weighted by Gasteiger charge is -2.01. The van der Waals surface area contributed by atoms with Gasteiger partial charge in [-0.25, -0.2) is 8.42 Å². The highest BCUT2D eigenvalue weighted by molar-refractivity contribution is 8.02. The molecule has 9 heteroatoms. The molecule has 1 aromatic heterocycles. The normalized spacial score (nSPS) is 11.9. The van der Waals surface area contributed by atoms with Crippen molar-refractivity contribution in [3.05, 3.63) is 0 Å². The van der Waals surface area contributed by atoms with E-state index in [1.807, 2.05) is 6.26 Å². The van der Waals surface area contributed by atoms with Gasteiger partial charge in [-0.15, -0.1) is 10.2 Å². The fraction of sp³-hybridized carbons (Fsp3) is 0.750. The number of sulfone groups is 1. The third-order valence-corrected chi connectivity index (χ3v) is 5.70. The van der Waals surface area contributed by atoms with Gasteiger partial charge < -0.3 is 5.32 Å². The van der Waals surface area contributed by atoms with Gasteiger partial charge in [0.15, 0.2) is 8.68 Å². The molecule has 0 atom stereocenters. The zero-order valence-electron chi connectivity index (χ0n) is 9.67. The van der Waals surface area contributed by atoms with Crippen molar-refractivity contribution in [1.82, 2.24) is 15.5 Å². The molecule has 1 heterocycles. The summed E-state index contributed by atoms with van der Waals surface area (Å²) in [5, 5.41) is 11.1. The van der Waals surface area contributed by atoms with Crippen LogP contribution in [0.3, 0.4) is 0 Å². The molecule has 0 aliphatic rings. The average molecular weight is 313 g/mol. The van der Waals surface area contributed by atoms with Crippen molar-refractivity contribution >= 4 is 44.7 Å². The Kier molecular flexibility index (Phi) is 6.78. The number of hydrogen-bond acceptors (Lipinski definition) is 8. The van der Waals surface area contributed by atoms with E-state index in [1.54, 1.807) is 34.9 Å². The molecule has 1 rings (SSSR count). The van der Waals surface area contributed by atoms with Crippen LogP contribution in [0.2, 0.25) is 0 Å². The molecule has 0 aliphatic carbocycles. The number of rotatable bonds is 8. The third kappa shape index (κ3) is 7.24. The Bertz CT molecular complexity index is 432. The summed E-state index contributed by atoms with van der Waals surface area (Å²) in [5.41, 5.74) is 0. The molecular formula is C8H15N3O2S4. The maximum atomic E-state index is 10.9. The summed E-state index contributed by atoms with van der Waals surface area (Å²) in [7, 11) is -2.86. The number of nitrogens with zero attached hydrogens (tertiary/aromatic N) is 2. The van der Waals surface area contributed by atoms with Crippen molar-refractivity contribution in [2.24, 2.45) is 0 Å². The van der Waals surface area contributed by atoms with Gasteiger partial charge in [-0.1, -0.05) is 34.9 Å². The average Bonchev–Trinajstić information content (AvgIpc) is 2.69. The smallest absolute Gasteiger partial charge is 0.175 e. The first-order valence-electron chi connectivity index (χ1n) is 4.90. The second-order valence-electron chi connectivity index (χ2n) is 3.27. The molecule has 98 valence electrons. The summed E-state index contributed by atoms with van der Waals surface area (Å²) in [4.78, 5) is 0. The summed E-state index contributed by atoms with van der Waals surface area (Å²) < 4.78 is 23.6. The second-order valence-corrected chi connectivity index (χ2v) is 8.90. The Balaban J connectivity index is 2.08. The molecule has 0 spiro atoms. The molecule has 0 aliphatic heterocycles. The zero-order valence-corrected chi connectivity index (χ0v) is 12.9. The molecule has 1 N–H and O–H groups in total. The van der Waals surface area contributed by atoms with Crippen LogP contribution >= 0.6 is 34.9 Å². The minimum atomic E-state index is -2.86. The maximum Gasteiger partial charge on any atom is 0.175 e. The lowest BCUT2D eigenvalue weighted by Crippen LogP contribution is -2.24. The number of aromatic nitrogens is 2. The van der Waals surface area contributed by atoms with Crippen LogP contribution in [0.25, 0.3) is 0 Å². The Labute approximate surface area is 114 Å². The van der Waals surface area contributed by atoms with Crippen LogP contribution < -0.4 is 5.32 Å². The maximum absolute atomic E-state index is 10.9. The first-order chi connectivity index (χ1) is 8.01. The SMILES string of the molecule is CSc1nnc(SCCNCCS(C)(=O)=O)s1. The second kappa shape index (κ2) is 7.57. The van der Waals surface area contributed by atoms with E-state index in [4.69, 9.17) is 0 Å². The molecule has 0 saturated carbocycles. The van der Waals surface area contributed by atoms with Crippen molar-refractivity contribution in [2.75, 3.05) is 37.1 Å². The van der Waals surface area contributed by atoms with Gasteiger partial charge in [0, 0.05) is 25.1 Å². The van der Waals surface area contributed by atoms with Crippen LogP contribution in [0.1, 0.15) is 0 Å². The standard InChI is InChI=1S/C8H15N3O2S4/c1-14-7-10-11-8(16-7)15-5-3-9-4-6-17(2,12)13/h9H,3-6H2,1-2H3. The molecule has 1 aromatic rings. The van der Waals surface area contributed by atoms with Gasteiger partial charge in [-0.2, -0.15) is 0 Å². The minimum Gasteiger partial charge on any atom is -0.315 e. The van der Waals surface area contributed by atoms with Gasteiger partial charge in [0.2, 0.25) is 0 Å². The van der Waals surface area contributed by atoms with Gasteiger partial charge in [-0.05, 0) is 6.26 Å². The Morgan fingerprint density at radius 1 is 1.29 bits per heavy atom. The Hall–Kier alpha value is 0.170. The summed E-state index contributed by atoms with van der Waals surface area (Å²) >= 11 is 4.80. The monoisotopic (exact) mass is 313 g/mol. The fourth-order valence-corrected chi connectivity index (χ4v) is 3.85. The highest BCUT2D eigenvalue weighted by Gasteiger charge is 2.03. The molecular weight excluding hydrogens is 298 g/mol. The predicted octanol–water partition coefficient (Wildman–Crippen LogP) is 0.986. The molecule has 5 nitrogen and oxygen atoms in total. The number of thioether (sulfide) groups is 2. The van der Waals surface area contributed by atoms with Crippen molar-refractivity contribution < 1.29 is 8.42 Å². The van der Waals surface area contributed by atoms with E-state index in [9.17, 15) is 8.42 Å². The van der Waals surface area contributed by atoms with Gasteiger partial charge in [0.25, 0.3) is 0 Å². The molecule has 0 aromatic carbocycles. The zero-order chi connectivity index (χ0) is 12.7. The van der Waals surface area contributed by atoms with E-state index >= 15 is 0 Å². The highest BCUT2D eigenvalue weighted by atomic mass is 32.2. The van der Waals surface area contributed by atoms with Crippen LogP contribution in [-0.2, 0) is 9.84 Å². The Morgan fingerprint density at radius 2 is 2.00 bits per heavy atom. The quantitative estimate of drug-likeness (QED) is 0.566. The van der Waals surface area contributed by atoms with E-state index in [0.29, 0.717) is 6.54 Å². The van der Waals surface area contributed by atoms with E-state index in [2.05, 4.69) is 15.5 Å². The molecule has 0 bridgehead atoms. The third-order valence-electron chi connectivity index (χ3n) is 1.72. The van der Waals surface area contributed by atoms with Gasteiger partial charge >= 0.3 is 0 Å². The minimum absolute atomic E-state index is 0.188. The fourth-order valence-electron chi connectivity index (χ4n) is 0.931. The molecule has 0 unspecified atom stereocenters. The largest absolute Gasteiger partial charge is 0.315 e. The van der Waals surface area contributed by atoms with Gasteiger partial charge in [-0.3, -0.25) is 0 Å². The van der Waals surface area contributed by atoms with Crippen LogP contribution in [0.4, 0.5) is 0 Å². The molecule has 0 saturated heterocycles. The number of hydrogen-bond donors (Lipinski definition) is 1. The van der Waals surface area contributed by atoms with E-state index in [-0.39, 0.29) is 5.75 Å².